The van der Waals surface area contributed by atoms with Gasteiger partial charge in [0.05, 0.1) is 31.3 Å². The SMILES string of the molecule is COc1cccc(OC)c1-n1c(C2CCCC2)nc(=O)c(-c2nnc(Cc3csc(C)n3)o2)c1O. The van der Waals surface area contributed by atoms with Crippen molar-refractivity contribution in [3.05, 3.63) is 56.3 Å². The maximum Gasteiger partial charge on any atom is 0.289 e. The Kier molecular flexibility index (Phi) is 6.25. The Labute approximate surface area is 205 Å². The summed E-state index contributed by atoms with van der Waals surface area (Å²) in [5, 5.41) is 22.5. The molecule has 3 heterocycles. The number of methoxy groups -OCH3 is 2. The fourth-order valence-electron chi connectivity index (χ4n) is 4.51. The van der Waals surface area contributed by atoms with Crippen LogP contribution in [-0.4, -0.2) is 44.1 Å². The molecule has 5 rings (SSSR count). The number of nitrogens with zero attached hydrogens (tertiary/aromatic N) is 5. The zero-order chi connectivity index (χ0) is 24.5. The largest absolute Gasteiger partial charge is 0.494 e. The molecule has 4 aromatic rings. The van der Waals surface area contributed by atoms with E-state index in [1.54, 1.807) is 18.2 Å². The Morgan fingerprint density at radius 3 is 2.49 bits per heavy atom. The third-order valence-corrected chi connectivity index (χ3v) is 6.94. The second-order valence-corrected chi connectivity index (χ2v) is 9.40. The lowest BCUT2D eigenvalue weighted by molar-refractivity contribution is 0.377. The Morgan fingerprint density at radius 1 is 1.14 bits per heavy atom. The minimum atomic E-state index is -0.630. The minimum absolute atomic E-state index is 0.00317. The number of rotatable bonds is 7. The van der Waals surface area contributed by atoms with E-state index in [1.807, 2.05) is 12.3 Å². The quantitative estimate of drug-likeness (QED) is 0.404. The summed E-state index contributed by atoms with van der Waals surface area (Å²) in [5.74, 6) is 1.20. The van der Waals surface area contributed by atoms with Crippen LogP contribution in [0.5, 0.6) is 17.4 Å². The van der Waals surface area contributed by atoms with Gasteiger partial charge in [0, 0.05) is 11.3 Å². The number of para-hydroxylation sites is 1. The molecule has 1 aliphatic carbocycles. The summed E-state index contributed by atoms with van der Waals surface area (Å²) in [6.45, 7) is 1.91. The molecular weight excluding hydrogens is 470 g/mol. The number of aromatic hydroxyl groups is 1. The van der Waals surface area contributed by atoms with Gasteiger partial charge in [0.1, 0.15) is 23.0 Å². The third kappa shape index (κ3) is 4.27. The summed E-state index contributed by atoms with van der Waals surface area (Å²) in [6, 6.07) is 5.30. The van der Waals surface area contributed by atoms with Gasteiger partial charge >= 0.3 is 0 Å². The maximum atomic E-state index is 13.2. The number of hydrogen-bond acceptors (Lipinski definition) is 10. The molecule has 10 nitrogen and oxygen atoms in total. The van der Waals surface area contributed by atoms with Gasteiger partial charge in [-0.1, -0.05) is 18.9 Å². The van der Waals surface area contributed by atoms with Crippen molar-refractivity contribution < 1.29 is 19.0 Å². The third-order valence-electron chi connectivity index (χ3n) is 6.12. The number of benzene rings is 1. The topological polar surface area (TPSA) is 125 Å². The number of thiazole rings is 1. The van der Waals surface area contributed by atoms with E-state index in [1.165, 1.54) is 30.1 Å². The zero-order valence-electron chi connectivity index (χ0n) is 19.6. The van der Waals surface area contributed by atoms with Gasteiger partial charge in [-0.15, -0.1) is 21.5 Å². The van der Waals surface area contributed by atoms with Gasteiger partial charge in [0.15, 0.2) is 5.56 Å². The molecule has 1 saturated carbocycles. The van der Waals surface area contributed by atoms with Crippen LogP contribution < -0.4 is 15.0 Å². The number of aryl methyl sites for hydroxylation is 1. The van der Waals surface area contributed by atoms with E-state index in [4.69, 9.17) is 13.9 Å². The van der Waals surface area contributed by atoms with Crippen LogP contribution in [0.25, 0.3) is 17.1 Å². The first kappa shape index (κ1) is 23.0. The molecular formula is C24H25N5O5S. The molecule has 0 saturated heterocycles. The first-order valence-corrected chi connectivity index (χ1v) is 12.2. The van der Waals surface area contributed by atoms with Crippen LogP contribution in [-0.2, 0) is 6.42 Å². The van der Waals surface area contributed by atoms with Gasteiger partial charge in [0.2, 0.25) is 11.8 Å². The molecule has 1 aromatic carbocycles. The van der Waals surface area contributed by atoms with Crippen molar-refractivity contribution in [2.24, 2.45) is 0 Å². The van der Waals surface area contributed by atoms with Gasteiger partial charge in [-0.25, -0.2) is 4.98 Å². The van der Waals surface area contributed by atoms with Crippen molar-refractivity contribution >= 4 is 11.3 Å². The molecule has 35 heavy (non-hydrogen) atoms. The van der Waals surface area contributed by atoms with E-state index >= 15 is 0 Å². The van der Waals surface area contributed by atoms with Crippen molar-refractivity contribution in [1.29, 1.82) is 0 Å². The molecule has 0 unspecified atom stereocenters. The first-order valence-electron chi connectivity index (χ1n) is 11.3. The Morgan fingerprint density at radius 2 is 1.86 bits per heavy atom. The van der Waals surface area contributed by atoms with E-state index in [2.05, 4.69) is 20.2 Å². The molecule has 3 aromatic heterocycles. The molecule has 1 N–H and O–H groups in total. The highest BCUT2D eigenvalue weighted by atomic mass is 32.1. The molecule has 0 bridgehead atoms. The fourth-order valence-corrected chi connectivity index (χ4v) is 5.13. The van der Waals surface area contributed by atoms with Crippen LogP contribution in [0.1, 0.15) is 54.0 Å². The first-order chi connectivity index (χ1) is 17.0. The van der Waals surface area contributed by atoms with Gasteiger partial charge in [-0.2, -0.15) is 4.98 Å². The molecule has 0 spiro atoms. The van der Waals surface area contributed by atoms with Crippen molar-refractivity contribution in [2.75, 3.05) is 14.2 Å². The van der Waals surface area contributed by atoms with Gasteiger partial charge in [0.25, 0.3) is 11.4 Å². The molecule has 0 radical (unpaired) electrons. The van der Waals surface area contributed by atoms with Crippen LogP contribution >= 0.6 is 11.3 Å². The van der Waals surface area contributed by atoms with Crippen LogP contribution in [0.4, 0.5) is 0 Å². The van der Waals surface area contributed by atoms with E-state index < -0.39 is 5.56 Å². The van der Waals surface area contributed by atoms with Crippen LogP contribution in [0.15, 0.2) is 32.8 Å². The summed E-state index contributed by atoms with van der Waals surface area (Å²) in [5.41, 5.74) is 0.434. The van der Waals surface area contributed by atoms with E-state index in [9.17, 15) is 9.90 Å². The summed E-state index contributed by atoms with van der Waals surface area (Å²) in [6.07, 6.45) is 4.09. The molecule has 11 heteroatoms. The van der Waals surface area contributed by atoms with Crippen molar-refractivity contribution in [1.82, 2.24) is 24.7 Å². The minimum Gasteiger partial charge on any atom is -0.494 e. The van der Waals surface area contributed by atoms with Gasteiger partial charge < -0.3 is 19.0 Å². The zero-order valence-corrected chi connectivity index (χ0v) is 20.5. The summed E-state index contributed by atoms with van der Waals surface area (Å²) < 4.78 is 18.5. The summed E-state index contributed by atoms with van der Waals surface area (Å²) >= 11 is 1.52. The van der Waals surface area contributed by atoms with Gasteiger partial charge in [-0.05, 0) is 31.9 Å². The lowest BCUT2D eigenvalue weighted by atomic mass is 10.1. The highest BCUT2D eigenvalue weighted by Crippen LogP contribution is 2.42. The fraction of sp³-hybridized carbons (Fsp3) is 0.375. The molecule has 0 aliphatic heterocycles. The van der Waals surface area contributed by atoms with Crippen molar-refractivity contribution in [3.63, 3.8) is 0 Å². The Hall–Kier alpha value is -3.73. The second-order valence-electron chi connectivity index (χ2n) is 8.34. The summed E-state index contributed by atoms with van der Waals surface area (Å²) in [4.78, 5) is 22.0. The molecule has 1 aliphatic rings. The van der Waals surface area contributed by atoms with E-state index in [0.29, 0.717) is 29.4 Å². The Balaban J connectivity index is 1.68. The summed E-state index contributed by atoms with van der Waals surface area (Å²) in [7, 11) is 3.07. The second kappa shape index (κ2) is 9.49. The molecule has 1 fully saturated rings. The van der Waals surface area contributed by atoms with Gasteiger partial charge in [-0.3, -0.25) is 9.36 Å². The van der Waals surface area contributed by atoms with Crippen LogP contribution in [0.3, 0.4) is 0 Å². The Bertz CT molecular complexity index is 1400. The lowest BCUT2D eigenvalue weighted by Crippen LogP contribution is -2.22. The predicted molar refractivity (Wildman–Crippen MR) is 129 cm³/mol. The molecule has 182 valence electrons. The van der Waals surface area contributed by atoms with Crippen LogP contribution in [0, 0.1) is 6.92 Å². The lowest BCUT2D eigenvalue weighted by Gasteiger charge is -2.22. The monoisotopic (exact) mass is 495 g/mol. The highest BCUT2D eigenvalue weighted by Gasteiger charge is 2.31. The van der Waals surface area contributed by atoms with Crippen molar-refractivity contribution in [3.8, 4) is 34.5 Å². The van der Waals surface area contributed by atoms with E-state index in [-0.39, 0.29) is 29.1 Å². The van der Waals surface area contributed by atoms with Crippen LogP contribution in [0.2, 0.25) is 0 Å². The average Bonchev–Trinajstić information content (AvgIpc) is 3.62. The van der Waals surface area contributed by atoms with Crippen molar-refractivity contribution in [2.45, 2.75) is 44.9 Å². The maximum absolute atomic E-state index is 13.2. The normalized spacial score (nSPS) is 13.9. The number of ether oxygens (including phenoxy) is 2. The molecule has 0 amide bonds. The molecule has 0 atom stereocenters. The highest BCUT2D eigenvalue weighted by molar-refractivity contribution is 7.09. The average molecular weight is 496 g/mol. The number of hydrogen-bond donors (Lipinski definition) is 1. The smallest absolute Gasteiger partial charge is 0.289 e. The number of aromatic nitrogens is 5. The standard InChI is InChI=1S/C24H25N5O5S/c1-13-25-15(12-35-13)11-18-27-28-23(34-18)19-22(30)26-21(14-7-4-5-8-14)29(24(19)31)20-16(32-2)9-6-10-17(20)33-3/h6,9-10,12,14,31H,4-5,7-8,11H2,1-3H3. The van der Waals surface area contributed by atoms with E-state index in [0.717, 1.165) is 36.4 Å². The predicted octanol–water partition coefficient (Wildman–Crippen LogP) is 4.02.